The summed E-state index contributed by atoms with van der Waals surface area (Å²) in [6, 6.07) is 6.92. The second-order valence-electron chi connectivity index (χ2n) is 9.81. The Balaban J connectivity index is 1.70. The summed E-state index contributed by atoms with van der Waals surface area (Å²) in [4.78, 5) is 15.1. The number of sulfonamides is 2. The van der Waals surface area contributed by atoms with E-state index in [1.54, 1.807) is 18.4 Å². The molecule has 3 atom stereocenters. The van der Waals surface area contributed by atoms with Gasteiger partial charge in [0.05, 0.1) is 24.8 Å². The molecule has 0 bridgehead atoms. The second-order valence-corrected chi connectivity index (χ2v) is 14.6. The zero-order valence-electron chi connectivity index (χ0n) is 22.7. The number of aryl methyl sites for hydroxylation is 2. The van der Waals surface area contributed by atoms with Crippen LogP contribution in [0.25, 0.3) is 0 Å². The minimum atomic E-state index is -4.08. The fourth-order valence-corrected chi connectivity index (χ4v) is 8.25. The van der Waals surface area contributed by atoms with Crippen LogP contribution in [-0.4, -0.2) is 81.1 Å². The molecule has 4 rings (SSSR count). The van der Waals surface area contributed by atoms with Gasteiger partial charge in [0, 0.05) is 25.2 Å². The first-order valence-electron chi connectivity index (χ1n) is 12.4. The summed E-state index contributed by atoms with van der Waals surface area (Å²) in [6.45, 7) is 6.40. The smallest absolute Gasteiger partial charge is 0.267 e. The van der Waals surface area contributed by atoms with Gasteiger partial charge in [0.25, 0.3) is 26.0 Å². The summed E-state index contributed by atoms with van der Waals surface area (Å²) in [6.07, 6.45) is -0.662. The van der Waals surface area contributed by atoms with Gasteiger partial charge >= 0.3 is 0 Å². The summed E-state index contributed by atoms with van der Waals surface area (Å²) >= 11 is 1.11. The maximum Gasteiger partial charge on any atom is 0.267 e. The van der Waals surface area contributed by atoms with Crippen LogP contribution in [0.1, 0.15) is 35.7 Å². The quantitative estimate of drug-likeness (QED) is 0.370. The first kappa shape index (κ1) is 30.0. The van der Waals surface area contributed by atoms with Gasteiger partial charge in [0.2, 0.25) is 0 Å². The summed E-state index contributed by atoms with van der Waals surface area (Å²) in [5, 5.41) is 15.3. The van der Waals surface area contributed by atoms with Crippen LogP contribution < -0.4 is 9.46 Å². The van der Waals surface area contributed by atoms with E-state index >= 15 is 0 Å². The van der Waals surface area contributed by atoms with E-state index in [9.17, 15) is 26.7 Å². The minimum absolute atomic E-state index is 0.00317. The SMILES string of the molecule is Cc1noc(C)c1S(=O)(=O)Nc1ccc2c(c1)C(=O)N([C@H](C)CO)C[C@@H](C)[C@@H](CN(C)S(=O)(=O)c1cccs1)O2. The molecule has 2 aromatic heterocycles. The molecule has 1 aromatic carbocycles. The number of amides is 1. The maximum atomic E-state index is 13.7. The number of benzene rings is 1. The number of carbonyl (C=O) groups excluding carboxylic acids is 1. The van der Waals surface area contributed by atoms with Crippen LogP contribution in [0.15, 0.2) is 49.3 Å². The number of hydrogen-bond donors (Lipinski definition) is 2. The molecule has 3 aromatic rings. The van der Waals surface area contributed by atoms with Crippen LogP contribution in [0.3, 0.4) is 0 Å². The fraction of sp³-hybridized carbons (Fsp3) is 0.440. The minimum Gasteiger partial charge on any atom is -0.488 e. The fourth-order valence-electron chi connectivity index (χ4n) is 4.48. The number of rotatable bonds is 9. The molecule has 0 aliphatic carbocycles. The third kappa shape index (κ3) is 5.88. The van der Waals surface area contributed by atoms with E-state index in [1.807, 2.05) is 6.92 Å². The molecule has 3 heterocycles. The summed E-state index contributed by atoms with van der Waals surface area (Å²) in [5.74, 6) is -0.486. The average Bonchev–Trinajstić information content (AvgIpc) is 3.56. The Hall–Kier alpha value is -2.98. The largest absolute Gasteiger partial charge is 0.488 e. The molecule has 2 N–H and O–H groups in total. The monoisotopic (exact) mass is 612 g/mol. The van der Waals surface area contributed by atoms with E-state index in [2.05, 4.69) is 9.88 Å². The van der Waals surface area contributed by atoms with Crippen molar-refractivity contribution >= 4 is 43.0 Å². The van der Waals surface area contributed by atoms with Crippen molar-refractivity contribution in [2.24, 2.45) is 5.92 Å². The molecule has 1 aliphatic rings. The molecule has 218 valence electrons. The molecule has 40 heavy (non-hydrogen) atoms. The highest BCUT2D eigenvalue weighted by Crippen LogP contribution is 2.32. The molecule has 15 heteroatoms. The number of carbonyl (C=O) groups is 1. The van der Waals surface area contributed by atoms with Crippen molar-refractivity contribution in [1.82, 2.24) is 14.4 Å². The number of nitrogens with one attached hydrogen (secondary N) is 1. The van der Waals surface area contributed by atoms with Crippen molar-refractivity contribution in [2.45, 2.75) is 48.9 Å². The van der Waals surface area contributed by atoms with Crippen molar-refractivity contribution < 1.29 is 36.0 Å². The van der Waals surface area contributed by atoms with Crippen LogP contribution >= 0.6 is 11.3 Å². The van der Waals surface area contributed by atoms with Gasteiger partial charge in [-0.1, -0.05) is 18.1 Å². The van der Waals surface area contributed by atoms with Crippen LogP contribution in [0.4, 0.5) is 5.69 Å². The van der Waals surface area contributed by atoms with Crippen molar-refractivity contribution in [3.05, 3.63) is 52.7 Å². The molecule has 0 spiro atoms. The number of aliphatic hydroxyl groups is 1. The number of ether oxygens (including phenoxy) is 1. The number of thiophene rings is 1. The van der Waals surface area contributed by atoms with Gasteiger partial charge in [0.1, 0.15) is 21.8 Å². The van der Waals surface area contributed by atoms with Gasteiger partial charge in [0.15, 0.2) is 10.7 Å². The normalized spacial score (nSPS) is 19.1. The number of aliphatic hydroxyl groups excluding tert-OH is 1. The summed E-state index contributed by atoms with van der Waals surface area (Å²) in [7, 11) is -6.37. The van der Waals surface area contributed by atoms with Crippen LogP contribution in [-0.2, 0) is 20.0 Å². The van der Waals surface area contributed by atoms with Gasteiger partial charge in [-0.05, 0) is 50.4 Å². The van der Waals surface area contributed by atoms with Crippen molar-refractivity contribution in [2.75, 3.05) is 31.5 Å². The molecule has 0 saturated carbocycles. The molecule has 1 amide bonds. The topological polar surface area (TPSA) is 159 Å². The number of aromatic nitrogens is 1. The van der Waals surface area contributed by atoms with Gasteiger partial charge in [-0.3, -0.25) is 9.52 Å². The highest BCUT2D eigenvalue weighted by atomic mass is 32.2. The van der Waals surface area contributed by atoms with E-state index in [0.717, 1.165) is 11.3 Å². The predicted octanol–water partition coefficient (Wildman–Crippen LogP) is 2.69. The Morgan fingerprint density at radius 2 is 1.98 bits per heavy atom. The van der Waals surface area contributed by atoms with E-state index in [-0.39, 0.29) is 63.2 Å². The molecule has 0 unspecified atom stereocenters. The molecular formula is C25H32N4O8S3. The third-order valence-corrected chi connectivity index (χ3v) is 11.6. The first-order chi connectivity index (χ1) is 18.8. The number of fused-ring (bicyclic) bond motifs is 1. The van der Waals surface area contributed by atoms with Crippen LogP contribution in [0.2, 0.25) is 0 Å². The molecule has 0 fully saturated rings. The van der Waals surface area contributed by atoms with Crippen molar-refractivity contribution in [3.8, 4) is 5.75 Å². The van der Waals surface area contributed by atoms with E-state index in [4.69, 9.17) is 9.26 Å². The average molecular weight is 613 g/mol. The number of likely N-dealkylation sites (N-methyl/N-ethyl adjacent to an activating group) is 1. The number of hydrogen-bond acceptors (Lipinski definition) is 10. The van der Waals surface area contributed by atoms with Gasteiger partial charge in [-0.15, -0.1) is 11.3 Å². The first-order valence-corrected chi connectivity index (χ1v) is 16.2. The zero-order chi connectivity index (χ0) is 29.4. The van der Waals surface area contributed by atoms with Gasteiger partial charge in [-0.2, -0.15) is 4.31 Å². The summed E-state index contributed by atoms with van der Waals surface area (Å²) in [5.41, 5.74) is 0.367. The van der Waals surface area contributed by atoms with Crippen LogP contribution in [0.5, 0.6) is 5.75 Å². The molecular weight excluding hydrogens is 580 g/mol. The molecule has 0 saturated heterocycles. The summed E-state index contributed by atoms with van der Waals surface area (Å²) < 4.78 is 67.4. The van der Waals surface area contributed by atoms with E-state index < -0.39 is 38.1 Å². The van der Waals surface area contributed by atoms with Crippen molar-refractivity contribution in [1.29, 1.82) is 0 Å². The molecule has 12 nitrogen and oxygen atoms in total. The van der Waals surface area contributed by atoms with Gasteiger partial charge < -0.3 is 19.3 Å². The standard InChI is InChI=1S/C25H32N4O8S3/c1-15-12-29(16(2)14-30)25(31)20-11-19(27-39(32,33)24-17(3)26-37-18(24)4)8-9-21(20)36-22(15)13-28(5)40(34,35)23-7-6-10-38-23/h6-11,15-16,22,27,30H,12-14H2,1-5H3/t15-,16-,22-/m1/s1. The maximum absolute atomic E-state index is 13.7. The lowest BCUT2D eigenvalue weighted by Crippen LogP contribution is -2.50. The van der Waals surface area contributed by atoms with Crippen molar-refractivity contribution in [3.63, 3.8) is 0 Å². The third-order valence-electron chi connectivity index (χ3n) is 6.75. The highest BCUT2D eigenvalue weighted by Gasteiger charge is 2.36. The number of anilines is 1. The molecule has 0 radical (unpaired) electrons. The zero-order valence-corrected chi connectivity index (χ0v) is 25.1. The Morgan fingerprint density at radius 3 is 2.58 bits per heavy atom. The lowest BCUT2D eigenvalue weighted by Gasteiger charge is -2.38. The van der Waals surface area contributed by atoms with Gasteiger partial charge in [-0.25, -0.2) is 16.8 Å². The predicted molar refractivity (Wildman–Crippen MR) is 149 cm³/mol. The number of nitrogens with zero attached hydrogens (tertiary/aromatic N) is 3. The highest BCUT2D eigenvalue weighted by molar-refractivity contribution is 7.92. The second kappa shape index (κ2) is 11.5. The lowest BCUT2D eigenvalue weighted by molar-refractivity contribution is 0.0387. The Morgan fingerprint density at radius 1 is 1.25 bits per heavy atom. The van der Waals surface area contributed by atoms with E-state index in [1.165, 1.54) is 54.4 Å². The Kier molecular flexibility index (Phi) is 8.61. The molecule has 1 aliphatic heterocycles. The van der Waals surface area contributed by atoms with Crippen LogP contribution in [0, 0.1) is 19.8 Å². The Labute approximate surface area is 237 Å². The van der Waals surface area contributed by atoms with E-state index in [0.29, 0.717) is 0 Å². The lowest BCUT2D eigenvalue weighted by atomic mass is 9.99. The Bertz CT molecular complexity index is 1570.